The molecule has 8 nitrogen and oxygen atoms in total. The summed E-state index contributed by atoms with van der Waals surface area (Å²) in [7, 11) is -4.01. The van der Waals surface area contributed by atoms with Crippen LogP contribution in [0.5, 0.6) is 0 Å². The summed E-state index contributed by atoms with van der Waals surface area (Å²) in [5.74, 6) is -0.409. The number of non-ortho nitro benzene ring substituents is 1. The second kappa shape index (κ2) is 8.47. The number of nitro groups is 1. The smallest absolute Gasteiger partial charge is 0.284 e. The number of rotatable bonds is 5. The zero-order chi connectivity index (χ0) is 21.2. The summed E-state index contributed by atoms with van der Waals surface area (Å²) >= 11 is 4.16. The topological polar surface area (TPSA) is 110 Å². The van der Waals surface area contributed by atoms with Gasteiger partial charge in [-0.2, -0.15) is 8.42 Å². The van der Waals surface area contributed by atoms with Crippen LogP contribution in [0, 0.1) is 10.1 Å². The molecule has 1 aliphatic heterocycles. The molecule has 150 valence electrons. The van der Waals surface area contributed by atoms with Gasteiger partial charge in [-0.15, -0.1) is 4.40 Å². The Hall–Kier alpha value is -2.50. The van der Waals surface area contributed by atoms with Crippen LogP contribution in [0.15, 0.2) is 67.2 Å². The number of nitrogens with zero attached hydrogens (tertiary/aromatic N) is 3. The Bertz CT molecular complexity index is 1140. The predicted octanol–water partition coefficient (Wildman–Crippen LogP) is 4.04. The van der Waals surface area contributed by atoms with E-state index < -0.39 is 20.9 Å². The van der Waals surface area contributed by atoms with Gasteiger partial charge in [-0.25, -0.2) is 0 Å². The zero-order valence-electron chi connectivity index (χ0n) is 15.0. The molecule has 0 spiro atoms. The van der Waals surface area contributed by atoms with Crippen LogP contribution in [-0.2, 0) is 14.8 Å². The minimum absolute atomic E-state index is 0.00779. The molecule has 2 aromatic rings. The first kappa shape index (κ1) is 21.2. The molecule has 1 saturated heterocycles. The maximum atomic E-state index is 12.7. The number of halogens is 1. The van der Waals surface area contributed by atoms with E-state index in [0.717, 1.165) is 16.2 Å². The Kier molecular flexibility index (Phi) is 6.20. The highest BCUT2D eigenvalue weighted by Crippen LogP contribution is 2.34. The number of benzene rings is 2. The van der Waals surface area contributed by atoms with Crippen LogP contribution in [0.25, 0.3) is 6.08 Å². The monoisotopic (exact) mass is 495 g/mol. The van der Waals surface area contributed by atoms with Crippen molar-refractivity contribution in [2.24, 2.45) is 4.40 Å². The van der Waals surface area contributed by atoms with Gasteiger partial charge in [0.05, 0.1) is 14.7 Å². The van der Waals surface area contributed by atoms with E-state index >= 15 is 0 Å². The average Bonchev–Trinajstić information content (AvgIpc) is 2.95. The average molecular weight is 496 g/mol. The summed E-state index contributed by atoms with van der Waals surface area (Å²) in [5, 5.41) is 11.0. The molecule has 0 radical (unpaired) electrons. The Morgan fingerprint density at radius 1 is 1.24 bits per heavy atom. The second-order valence-corrected chi connectivity index (χ2v) is 9.34. The third-order valence-electron chi connectivity index (χ3n) is 3.89. The van der Waals surface area contributed by atoms with E-state index in [1.54, 1.807) is 25.1 Å². The van der Waals surface area contributed by atoms with Gasteiger partial charge in [0, 0.05) is 23.2 Å². The molecule has 1 fully saturated rings. The summed E-state index contributed by atoms with van der Waals surface area (Å²) < 4.78 is 29.8. The summed E-state index contributed by atoms with van der Waals surface area (Å²) in [6, 6.07) is 11.8. The Morgan fingerprint density at radius 2 is 1.93 bits per heavy atom. The van der Waals surface area contributed by atoms with Crippen molar-refractivity contribution in [3.63, 3.8) is 0 Å². The Morgan fingerprint density at radius 3 is 2.55 bits per heavy atom. The van der Waals surface area contributed by atoms with Gasteiger partial charge >= 0.3 is 0 Å². The van der Waals surface area contributed by atoms with Gasteiger partial charge in [-0.3, -0.25) is 19.8 Å². The lowest BCUT2D eigenvalue weighted by Gasteiger charge is -2.11. The fraction of sp³-hybridized carbons (Fsp3) is 0.111. The molecule has 0 aromatic heterocycles. The minimum atomic E-state index is -4.01. The van der Waals surface area contributed by atoms with Gasteiger partial charge in [-0.05, 0) is 54.6 Å². The highest BCUT2D eigenvalue weighted by molar-refractivity contribution is 9.10. The minimum Gasteiger partial charge on any atom is -0.286 e. The van der Waals surface area contributed by atoms with E-state index in [0.29, 0.717) is 5.56 Å². The molecule has 0 bridgehead atoms. The van der Waals surface area contributed by atoms with Crippen LogP contribution >= 0.6 is 27.7 Å². The number of hydrogen-bond donors (Lipinski definition) is 0. The van der Waals surface area contributed by atoms with Gasteiger partial charge in [0.15, 0.2) is 5.17 Å². The Labute approximate surface area is 179 Å². The molecule has 0 aliphatic carbocycles. The molecule has 0 unspecified atom stereocenters. The zero-order valence-corrected chi connectivity index (χ0v) is 18.2. The first-order valence-corrected chi connectivity index (χ1v) is 11.3. The largest absolute Gasteiger partial charge is 0.286 e. The quantitative estimate of drug-likeness (QED) is 0.351. The molecule has 0 N–H and O–H groups in total. The molecule has 0 atom stereocenters. The van der Waals surface area contributed by atoms with Crippen molar-refractivity contribution in [3.05, 3.63) is 73.6 Å². The molecule has 11 heteroatoms. The van der Waals surface area contributed by atoms with E-state index in [1.165, 1.54) is 41.3 Å². The number of likely N-dealkylation sites (N-methyl/N-ethyl adjacent to an activating group) is 1. The van der Waals surface area contributed by atoms with Crippen molar-refractivity contribution in [2.45, 2.75) is 11.8 Å². The van der Waals surface area contributed by atoms with Crippen LogP contribution in [0.4, 0.5) is 5.69 Å². The van der Waals surface area contributed by atoms with Crippen LogP contribution in [0.3, 0.4) is 0 Å². The van der Waals surface area contributed by atoms with Crippen molar-refractivity contribution in [1.29, 1.82) is 0 Å². The van der Waals surface area contributed by atoms with Gasteiger partial charge in [0.2, 0.25) is 0 Å². The third-order valence-corrected chi connectivity index (χ3v) is 6.82. The van der Waals surface area contributed by atoms with Gasteiger partial charge in [0.1, 0.15) is 0 Å². The first-order chi connectivity index (χ1) is 13.7. The lowest BCUT2D eigenvalue weighted by Crippen LogP contribution is -2.29. The maximum Gasteiger partial charge on any atom is 0.284 e. The van der Waals surface area contributed by atoms with E-state index in [1.807, 2.05) is 0 Å². The number of carbonyl (C=O) groups is 1. The fourth-order valence-electron chi connectivity index (χ4n) is 2.50. The number of hydrogen-bond acceptors (Lipinski definition) is 6. The molecule has 29 heavy (non-hydrogen) atoms. The van der Waals surface area contributed by atoms with Crippen LogP contribution in [0.2, 0.25) is 0 Å². The standard InChI is InChI=1S/C18H14BrN3O5S2/c1-2-21-17(23)16(11-12-4-3-5-14(10-12)22(24)25)28-18(21)20-29(26,27)15-8-6-13(19)7-9-15/h3-11H,2H2,1H3/b16-11-,20-18+. The lowest BCUT2D eigenvalue weighted by molar-refractivity contribution is -0.384. The van der Waals surface area contributed by atoms with Crippen LogP contribution in [0.1, 0.15) is 12.5 Å². The van der Waals surface area contributed by atoms with Crippen LogP contribution in [-0.4, -0.2) is 35.9 Å². The van der Waals surface area contributed by atoms with Crippen molar-refractivity contribution < 1.29 is 18.1 Å². The summed E-state index contributed by atoms with van der Waals surface area (Å²) in [4.78, 5) is 24.6. The molecule has 3 rings (SSSR count). The second-order valence-electron chi connectivity index (χ2n) is 5.82. The third kappa shape index (κ3) is 4.74. The van der Waals surface area contributed by atoms with E-state index in [9.17, 15) is 23.3 Å². The van der Waals surface area contributed by atoms with Gasteiger partial charge in [0.25, 0.3) is 21.6 Å². The normalized spacial score (nSPS) is 17.3. The van der Waals surface area contributed by atoms with E-state index in [-0.39, 0.29) is 27.2 Å². The van der Waals surface area contributed by atoms with Gasteiger partial charge < -0.3 is 0 Å². The Balaban J connectivity index is 1.97. The number of amidine groups is 1. The highest BCUT2D eigenvalue weighted by atomic mass is 79.9. The van der Waals surface area contributed by atoms with Crippen molar-refractivity contribution >= 4 is 60.6 Å². The van der Waals surface area contributed by atoms with E-state index in [4.69, 9.17) is 0 Å². The molecule has 1 aliphatic rings. The lowest BCUT2D eigenvalue weighted by atomic mass is 10.2. The number of amides is 1. The molecular weight excluding hydrogens is 482 g/mol. The van der Waals surface area contributed by atoms with Gasteiger partial charge in [-0.1, -0.05) is 28.1 Å². The predicted molar refractivity (Wildman–Crippen MR) is 115 cm³/mol. The SMILES string of the molecule is CCN1C(=O)/C(=C/c2cccc([N+](=O)[O-])c2)S/C1=N/S(=O)(=O)c1ccc(Br)cc1. The van der Waals surface area contributed by atoms with Crippen molar-refractivity contribution in [1.82, 2.24) is 4.90 Å². The molecule has 1 heterocycles. The van der Waals surface area contributed by atoms with Crippen molar-refractivity contribution in [3.8, 4) is 0 Å². The number of thioether (sulfide) groups is 1. The summed E-state index contributed by atoms with van der Waals surface area (Å²) in [5.41, 5.74) is 0.358. The molecule has 2 aromatic carbocycles. The van der Waals surface area contributed by atoms with Crippen molar-refractivity contribution in [2.75, 3.05) is 6.54 Å². The fourth-order valence-corrected chi connectivity index (χ4v) is 5.01. The highest BCUT2D eigenvalue weighted by Gasteiger charge is 2.34. The number of carbonyl (C=O) groups excluding carboxylic acids is 1. The summed E-state index contributed by atoms with van der Waals surface area (Å²) in [6.45, 7) is 1.93. The molecule has 1 amide bonds. The summed E-state index contributed by atoms with van der Waals surface area (Å²) in [6.07, 6.45) is 1.48. The van der Waals surface area contributed by atoms with E-state index in [2.05, 4.69) is 20.3 Å². The number of sulfonamides is 1. The number of nitro benzene ring substituents is 1. The first-order valence-electron chi connectivity index (χ1n) is 8.27. The molecular formula is C18H14BrN3O5S2. The van der Waals surface area contributed by atoms with Crippen LogP contribution < -0.4 is 0 Å². The maximum absolute atomic E-state index is 12.7. The molecule has 0 saturated carbocycles.